The number of hydrogen-bond donors (Lipinski definition) is 1. The van der Waals surface area contributed by atoms with Crippen molar-refractivity contribution < 1.29 is 14.4 Å². The zero-order valence-electron chi connectivity index (χ0n) is 26.0. The van der Waals surface area contributed by atoms with Crippen molar-refractivity contribution in [1.29, 1.82) is 0 Å². The Morgan fingerprint density at radius 2 is 1.59 bits per heavy atom. The van der Waals surface area contributed by atoms with Gasteiger partial charge in [-0.25, -0.2) is 5.06 Å². The number of amides is 1. The van der Waals surface area contributed by atoms with Crippen molar-refractivity contribution in [2.75, 3.05) is 7.05 Å². The molecule has 5 fully saturated rings. The molecule has 0 aromatic rings. The first-order valence-electron chi connectivity index (χ1n) is 16.0. The first-order chi connectivity index (χ1) is 18.0. The minimum Gasteiger partial charge on any atom is -0.327 e. The van der Waals surface area contributed by atoms with Crippen molar-refractivity contribution >= 4 is 11.7 Å². The Labute approximate surface area is 237 Å². The highest BCUT2D eigenvalue weighted by molar-refractivity contribution is 5.95. The van der Waals surface area contributed by atoms with Crippen molar-refractivity contribution in [2.45, 2.75) is 131 Å². The number of carbonyl (C=O) groups excluding carboxylic acids is 2. The van der Waals surface area contributed by atoms with Gasteiger partial charge in [0.05, 0.1) is 6.10 Å². The maximum absolute atomic E-state index is 14.5. The molecule has 2 N–H and O–H groups in total. The van der Waals surface area contributed by atoms with Crippen LogP contribution in [0.15, 0.2) is 11.6 Å². The van der Waals surface area contributed by atoms with E-state index in [1.165, 1.54) is 17.1 Å². The zero-order valence-corrected chi connectivity index (χ0v) is 26.0. The van der Waals surface area contributed by atoms with Crippen LogP contribution in [0.5, 0.6) is 0 Å². The molecular formula is C34H54N2O3. The molecule has 5 saturated carbocycles. The quantitative estimate of drug-likeness (QED) is 0.399. The number of nitrogens with two attached hydrogens (primary N) is 1. The minimum absolute atomic E-state index is 0.0187. The average molecular weight is 539 g/mol. The van der Waals surface area contributed by atoms with Crippen LogP contribution in [0.4, 0.5) is 0 Å². The van der Waals surface area contributed by atoms with E-state index < -0.39 is 5.41 Å². The third-order valence-electron chi connectivity index (χ3n) is 14.3. The smallest absolute Gasteiger partial charge is 0.251 e. The molecule has 0 radical (unpaired) electrons. The van der Waals surface area contributed by atoms with Crippen LogP contribution < -0.4 is 5.73 Å². The number of fused-ring (bicyclic) bond motifs is 7. The maximum Gasteiger partial charge on any atom is 0.251 e. The summed E-state index contributed by atoms with van der Waals surface area (Å²) in [6, 6.07) is 0.204. The summed E-state index contributed by atoms with van der Waals surface area (Å²) >= 11 is 0. The van der Waals surface area contributed by atoms with Crippen LogP contribution >= 0.6 is 0 Å². The second-order valence-electron chi connectivity index (χ2n) is 16.8. The molecule has 0 saturated heterocycles. The van der Waals surface area contributed by atoms with Gasteiger partial charge in [0.1, 0.15) is 0 Å². The largest absolute Gasteiger partial charge is 0.327 e. The highest BCUT2D eigenvalue weighted by Gasteiger charge is 2.70. The number of allylic oxidation sites excluding steroid dienone is 2. The predicted molar refractivity (Wildman–Crippen MR) is 154 cm³/mol. The van der Waals surface area contributed by atoms with Crippen molar-refractivity contribution in [3.63, 3.8) is 0 Å². The number of carbonyl (C=O) groups is 2. The maximum atomic E-state index is 14.5. The first kappa shape index (κ1) is 27.9. The molecule has 1 amide bonds. The highest BCUT2D eigenvalue weighted by Crippen LogP contribution is 2.75. The molecule has 0 heterocycles. The number of hydrogen-bond acceptors (Lipinski definition) is 4. The van der Waals surface area contributed by atoms with E-state index >= 15 is 0 Å². The molecule has 1 unspecified atom stereocenters. The molecule has 0 bridgehead atoms. The van der Waals surface area contributed by atoms with Gasteiger partial charge in [-0.15, -0.1) is 0 Å². The Morgan fingerprint density at radius 3 is 2.26 bits per heavy atom. The molecule has 6 rings (SSSR count). The van der Waals surface area contributed by atoms with Gasteiger partial charge in [-0.2, -0.15) is 0 Å². The second-order valence-corrected chi connectivity index (χ2v) is 16.8. The van der Waals surface area contributed by atoms with Crippen molar-refractivity contribution in [2.24, 2.45) is 56.0 Å². The fourth-order valence-electron chi connectivity index (χ4n) is 11.2. The fraction of sp³-hybridized carbons (Fsp3) is 0.882. The normalized spacial score (nSPS) is 50.6. The van der Waals surface area contributed by atoms with E-state index in [-0.39, 0.29) is 57.0 Å². The lowest BCUT2D eigenvalue weighted by atomic mass is 9.33. The molecule has 0 spiro atoms. The van der Waals surface area contributed by atoms with Gasteiger partial charge in [0.15, 0.2) is 5.78 Å². The molecule has 6 aliphatic carbocycles. The lowest BCUT2D eigenvalue weighted by Crippen LogP contribution is -2.67. The van der Waals surface area contributed by atoms with E-state index in [2.05, 4.69) is 54.5 Å². The molecular weight excluding hydrogens is 484 g/mol. The number of nitrogens with zero attached hydrogens (tertiary/aromatic N) is 1. The SMILES string of the molecule is CN(OC1CC1)C(=O)[C@@]1(C)CC[C@]2(C)CC[C@]3(C)C(=CC(=O)[C@@H]4[C@@]5(C)CC[C@H](N)C(C)(C)C5CC[C@]43C)[C@@H]2C1. The number of ketones is 1. The molecule has 0 aromatic heterocycles. The monoisotopic (exact) mass is 538 g/mol. The van der Waals surface area contributed by atoms with E-state index in [0.29, 0.717) is 11.7 Å². The van der Waals surface area contributed by atoms with E-state index in [1.54, 1.807) is 7.05 Å². The van der Waals surface area contributed by atoms with Crippen molar-refractivity contribution in [3.8, 4) is 0 Å². The summed E-state index contributed by atoms with van der Waals surface area (Å²) in [4.78, 5) is 34.2. The van der Waals surface area contributed by atoms with Gasteiger partial charge in [0, 0.05) is 24.4 Å². The Balaban J connectivity index is 1.38. The summed E-state index contributed by atoms with van der Waals surface area (Å²) in [5.74, 6) is 1.26. The standard InChI is InChI=1S/C34H54N2O3/c1-29(2)25-11-14-34(7)27(32(25,5)13-12-26(29)35)24(37)19-22-23-20-31(4,28(38)36(8)39-21-9-10-21)16-15-30(23,3)17-18-33(22,34)6/h19,21,23,25-27H,9-18,20,35H2,1-8H3/t23-,25?,26-,27+,30+,31-,32-,33+,34+/m0/s1. The van der Waals surface area contributed by atoms with E-state index in [4.69, 9.17) is 10.6 Å². The summed E-state index contributed by atoms with van der Waals surface area (Å²) in [6.45, 7) is 16.7. The van der Waals surface area contributed by atoms with Crippen LogP contribution in [0.3, 0.4) is 0 Å². The number of hydroxylamine groups is 2. The third-order valence-corrected chi connectivity index (χ3v) is 14.3. The van der Waals surface area contributed by atoms with Crippen molar-refractivity contribution in [3.05, 3.63) is 11.6 Å². The van der Waals surface area contributed by atoms with Gasteiger partial charge in [0.25, 0.3) is 5.91 Å². The van der Waals surface area contributed by atoms with Crippen LogP contribution in [0.25, 0.3) is 0 Å². The molecule has 0 aromatic carbocycles. The van der Waals surface area contributed by atoms with Crippen molar-refractivity contribution in [1.82, 2.24) is 5.06 Å². The Kier molecular flexibility index (Phi) is 6.04. The van der Waals surface area contributed by atoms with Gasteiger partial charge in [-0.1, -0.05) is 54.0 Å². The first-order valence-corrected chi connectivity index (χ1v) is 16.0. The summed E-state index contributed by atoms with van der Waals surface area (Å²) in [5, 5.41) is 1.54. The second kappa shape index (κ2) is 8.43. The Bertz CT molecular complexity index is 1110. The summed E-state index contributed by atoms with van der Waals surface area (Å²) in [5.41, 5.74) is 7.70. The van der Waals surface area contributed by atoms with Gasteiger partial charge in [0.2, 0.25) is 0 Å². The van der Waals surface area contributed by atoms with Crippen LogP contribution in [-0.2, 0) is 14.4 Å². The molecule has 6 aliphatic rings. The van der Waals surface area contributed by atoms with E-state index in [0.717, 1.165) is 64.2 Å². The molecule has 0 aliphatic heterocycles. The van der Waals surface area contributed by atoms with Gasteiger partial charge in [-0.3, -0.25) is 14.4 Å². The van der Waals surface area contributed by atoms with Crippen LogP contribution in [-0.4, -0.2) is 35.9 Å². The van der Waals surface area contributed by atoms with Crippen LogP contribution in [0, 0.1) is 50.2 Å². The fourth-order valence-corrected chi connectivity index (χ4v) is 11.2. The molecule has 5 heteroatoms. The molecule has 9 atom stereocenters. The summed E-state index contributed by atoms with van der Waals surface area (Å²) < 4.78 is 0. The van der Waals surface area contributed by atoms with E-state index in [1.807, 2.05) is 0 Å². The molecule has 218 valence electrons. The lowest BCUT2D eigenvalue weighted by molar-refractivity contribution is -0.200. The summed E-state index contributed by atoms with van der Waals surface area (Å²) in [7, 11) is 1.80. The molecule has 5 nitrogen and oxygen atoms in total. The average Bonchev–Trinajstić information content (AvgIpc) is 3.67. The zero-order chi connectivity index (χ0) is 28.4. The number of rotatable bonds is 3. The van der Waals surface area contributed by atoms with Crippen LogP contribution in [0.1, 0.15) is 119 Å². The Morgan fingerprint density at radius 1 is 0.923 bits per heavy atom. The van der Waals surface area contributed by atoms with Gasteiger partial charge < -0.3 is 5.73 Å². The third kappa shape index (κ3) is 3.70. The van der Waals surface area contributed by atoms with Gasteiger partial charge >= 0.3 is 0 Å². The topological polar surface area (TPSA) is 72.6 Å². The predicted octanol–water partition coefficient (Wildman–Crippen LogP) is 6.85. The van der Waals surface area contributed by atoms with Gasteiger partial charge in [-0.05, 0) is 116 Å². The summed E-state index contributed by atoms with van der Waals surface area (Å²) in [6.07, 6.45) is 13.8. The minimum atomic E-state index is -0.457. The Hall–Kier alpha value is -1.20. The molecule has 39 heavy (non-hydrogen) atoms. The highest BCUT2D eigenvalue weighted by atomic mass is 16.7. The lowest BCUT2D eigenvalue weighted by Gasteiger charge is -2.70. The van der Waals surface area contributed by atoms with E-state index in [9.17, 15) is 9.59 Å². The van der Waals surface area contributed by atoms with Crippen LogP contribution in [0.2, 0.25) is 0 Å².